The number of hydrogen-bond donors (Lipinski definition) is 3. The molecule has 1 amide bonds. The first-order chi connectivity index (χ1) is 20.3. The molecule has 3 N–H and O–H groups in total. The molecule has 1 saturated heterocycles. The summed E-state index contributed by atoms with van der Waals surface area (Å²) in [6.07, 6.45) is 4.66. The molecule has 0 unspecified atom stereocenters. The van der Waals surface area contributed by atoms with Gasteiger partial charge in [-0.3, -0.25) is 14.8 Å². The minimum atomic E-state index is -2.60. The number of anilines is 6. The van der Waals surface area contributed by atoms with Crippen LogP contribution in [0.4, 0.5) is 43.0 Å². The number of rotatable bonds is 7. The number of carbonyl (C=O) groups is 1. The summed E-state index contributed by atoms with van der Waals surface area (Å²) in [5.74, 6) is -2.31. The number of pyridine rings is 3. The van der Waals surface area contributed by atoms with E-state index in [1.54, 1.807) is 24.5 Å². The minimum Gasteiger partial charge on any atom is -0.371 e. The molecule has 42 heavy (non-hydrogen) atoms. The molecule has 0 aliphatic carbocycles. The number of nitrogens with one attached hydrogen (secondary N) is 3. The van der Waals surface area contributed by atoms with Crippen LogP contribution in [0.3, 0.4) is 0 Å². The van der Waals surface area contributed by atoms with Crippen molar-refractivity contribution in [2.24, 2.45) is 0 Å². The van der Waals surface area contributed by atoms with Crippen LogP contribution in [-0.4, -0.2) is 39.9 Å². The van der Waals surface area contributed by atoms with Crippen LogP contribution in [0, 0.1) is 6.92 Å². The van der Waals surface area contributed by atoms with Gasteiger partial charge in [0, 0.05) is 78.4 Å². The van der Waals surface area contributed by atoms with Gasteiger partial charge in [-0.1, -0.05) is 0 Å². The van der Waals surface area contributed by atoms with Crippen LogP contribution in [0.25, 0.3) is 10.9 Å². The maximum absolute atomic E-state index is 13.6. The van der Waals surface area contributed by atoms with E-state index in [-0.39, 0.29) is 18.7 Å². The molecule has 1 aliphatic rings. The maximum atomic E-state index is 13.6. The third kappa shape index (κ3) is 6.27. The predicted molar refractivity (Wildman–Crippen MR) is 162 cm³/mol. The number of halogens is 2. The predicted octanol–water partition coefficient (Wildman–Crippen LogP) is 7.31. The Morgan fingerprint density at radius 2 is 1.57 bits per heavy atom. The fraction of sp³-hybridized carbons (Fsp3) is 0.188. The van der Waals surface area contributed by atoms with Gasteiger partial charge in [-0.05, 0) is 79.7 Å². The third-order valence-corrected chi connectivity index (χ3v) is 7.20. The van der Waals surface area contributed by atoms with Crippen LogP contribution in [0.1, 0.15) is 28.9 Å². The van der Waals surface area contributed by atoms with E-state index in [0.29, 0.717) is 30.2 Å². The Morgan fingerprint density at radius 1 is 0.810 bits per heavy atom. The molecule has 0 saturated carbocycles. The van der Waals surface area contributed by atoms with Gasteiger partial charge in [0.15, 0.2) is 0 Å². The molecule has 8 nitrogen and oxygen atoms in total. The molecule has 0 atom stereocenters. The smallest absolute Gasteiger partial charge is 0.257 e. The number of alkyl halides is 2. The monoisotopic (exact) mass is 565 g/mol. The van der Waals surface area contributed by atoms with E-state index in [4.69, 9.17) is 0 Å². The topological polar surface area (TPSA) is 95.1 Å². The lowest BCUT2D eigenvalue weighted by atomic mass is 10.1. The van der Waals surface area contributed by atoms with Gasteiger partial charge in [0.05, 0.1) is 16.8 Å². The minimum absolute atomic E-state index is 0.151. The molecular weight excluding hydrogens is 536 g/mol. The highest BCUT2D eigenvalue weighted by Crippen LogP contribution is 2.33. The number of benzene rings is 2. The van der Waals surface area contributed by atoms with Crippen molar-refractivity contribution in [3.8, 4) is 0 Å². The molecule has 0 spiro atoms. The van der Waals surface area contributed by atoms with Crippen LogP contribution in [0.5, 0.6) is 0 Å². The van der Waals surface area contributed by atoms with Crippen LogP contribution in [0.2, 0.25) is 0 Å². The first-order valence-corrected chi connectivity index (χ1v) is 13.7. The van der Waals surface area contributed by atoms with Gasteiger partial charge in [-0.25, -0.2) is 13.8 Å². The summed E-state index contributed by atoms with van der Waals surface area (Å²) in [7, 11) is 0. The summed E-state index contributed by atoms with van der Waals surface area (Å²) in [6.45, 7) is 2.54. The second-order valence-electron chi connectivity index (χ2n) is 10.3. The number of amides is 1. The first kappa shape index (κ1) is 27.1. The van der Waals surface area contributed by atoms with Crippen molar-refractivity contribution in [1.29, 1.82) is 0 Å². The van der Waals surface area contributed by atoms with Crippen molar-refractivity contribution in [1.82, 2.24) is 15.0 Å². The van der Waals surface area contributed by atoms with Crippen molar-refractivity contribution in [2.45, 2.75) is 25.7 Å². The Balaban J connectivity index is 1.11. The van der Waals surface area contributed by atoms with E-state index in [1.165, 1.54) is 6.20 Å². The zero-order valence-electron chi connectivity index (χ0n) is 22.9. The Hall–Kier alpha value is -5.12. The molecule has 10 heteroatoms. The normalized spacial score (nSPS) is 14.4. The van der Waals surface area contributed by atoms with Crippen LogP contribution < -0.4 is 20.9 Å². The van der Waals surface area contributed by atoms with Gasteiger partial charge in [0.2, 0.25) is 0 Å². The van der Waals surface area contributed by atoms with E-state index in [2.05, 4.69) is 30.9 Å². The van der Waals surface area contributed by atoms with Crippen LogP contribution in [-0.2, 0) is 0 Å². The second-order valence-corrected chi connectivity index (χ2v) is 10.3. The molecule has 212 valence electrons. The summed E-state index contributed by atoms with van der Waals surface area (Å²) < 4.78 is 27.3. The fourth-order valence-electron chi connectivity index (χ4n) is 4.90. The molecule has 3 aromatic heterocycles. The van der Waals surface area contributed by atoms with Gasteiger partial charge in [0.1, 0.15) is 5.82 Å². The lowest BCUT2D eigenvalue weighted by Crippen LogP contribution is -2.39. The largest absolute Gasteiger partial charge is 0.371 e. The first-order valence-electron chi connectivity index (χ1n) is 13.7. The van der Waals surface area contributed by atoms with Gasteiger partial charge in [-0.2, -0.15) is 0 Å². The van der Waals surface area contributed by atoms with E-state index in [9.17, 15) is 13.6 Å². The summed E-state index contributed by atoms with van der Waals surface area (Å²) >= 11 is 0. The number of aromatic nitrogens is 3. The lowest BCUT2D eigenvalue weighted by molar-refractivity contribution is -0.0220. The Morgan fingerprint density at radius 3 is 2.31 bits per heavy atom. The van der Waals surface area contributed by atoms with Crippen molar-refractivity contribution in [2.75, 3.05) is 33.9 Å². The highest BCUT2D eigenvalue weighted by molar-refractivity contribution is 6.04. The van der Waals surface area contributed by atoms with E-state index in [1.807, 2.05) is 72.5 Å². The number of nitrogens with zero attached hydrogens (tertiary/aromatic N) is 4. The van der Waals surface area contributed by atoms with Crippen LogP contribution in [0.15, 0.2) is 91.4 Å². The van der Waals surface area contributed by atoms with Gasteiger partial charge in [0.25, 0.3) is 11.8 Å². The summed E-state index contributed by atoms with van der Waals surface area (Å²) in [5.41, 5.74) is 6.27. The SMILES string of the molecule is Cc1cc(Nc2ccc(NC(=O)c3ccc(Nc4ccnc5ccc(N6CCC(F)(F)CC6)cc45)nc3)cc2)ccn1. The Kier molecular flexibility index (Phi) is 7.35. The molecule has 0 bridgehead atoms. The van der Waals surface area contributed by atoms with Gasteiger partial charge >= 0.3 is 0 Å². The molecular formula is C32H29F2N7O. The summed E-state index contributed by atoms with van der Waals surface area (Å²) in [6, 6.07) is 22.3. The van der Waals surface area contributed by atoms with Crippen LogP contribution >= 0.6 is 0 Å². The molecule has 1 aliphatic heterocycles. The number of aryl methyl sites for hydroxylation is 1. The molecule has 0 radical (unpaired) electrons. The van der Waals surface area contributed by atoms with E-state index in [0.717, 1.165) is 39.3 Å². The fourth-order valence-corrected chi connectivity index (χ4v) is 4.90. The standard InChI is InChI=1S/C32H29F2N7O/c1-21-18-25(10-14-35-21)38-23-3-5-24(6-4-23)39-31(42)22-2-9-30(37-20-22)40-29-11-15-36-28-8-7-26(19-27(28)29)41-16-12-32(33,34)13-17-41/h2-11,14-15,18-20H,12-13,16-17H2,1H3,(H,35,38)(H,39,42)(H,36,37,40). The molecule has 5 aromatic rings. The van der Waals surface area contributed by atoms with Gasteiger partial charge < -0.3 is 20.9 Å². The lowest BCUT2D eigenvalue weighted by Gasteiger charge is -2.33. The van der Waals surface area contributed by atoms with Gasteiger partial charge in [-0.15, -0.1) is 0 Å². The maximum Gasteiger partial charge on any atom is 0.257 e. The number of hydrogen-bond acceptors (Lipinski definition) is 7. The molecule has 4 heterocycles. The van der Waals surface area contributed by atoms with Crippen molar-refractivity contribution < 1.29 is 13.6 Å². The molecule has 1 fully saturated rings. The average molecular weight is 566 g/mol. The summed E-state index contributed by atoms with van der Waals surface area (Å²) in [4.78, 5) is 27.9. The Bertz CT molecular complexity index is 1720. The van der Waals surface area contributed by atoms with E-state index >= 15 is 0 Å². The average Bonchev–Trinajstić information content (AvgIpc) is 2.98. The Labute approximate surface area is 241 Å². The highest BCUT2D eigenvalue weighted by Gasteiger charge is 2.34. The highest BCUT2D eigenvalue weighted by atomic mass is 19.3. The third-order valence-electron chi connectivity index (χ3n) is 7.20. The second kappa shape index (κ2) is 11.4. The van der Waals surface area contributed by atoms with Crippen molar-refractivity contribution in [3.05, 3.63) is 103 Å². The zero-order valence-corrected chi connectivity index (χ0v) is 22.9. The number of piperidine rings is 1. The number of carbonyl (C=O) groups excluding carboxylic acids is 1. The zero-order chi connectivity index (χ0) is 29.1. The summed E-state index contributed by atoms with van der Waals surface area (Å²) in [5, 5.41) is 10.4. The van der Waals surface area contributed by atoms with Crippen molar-refractivity contribution in [3.63, 3.8) is 0 Å². The molecule has 2 aromatic carbocycles. The number of fused-ring (bicyclic) bond motifs is 1. The molecule has 6 rings (SSSR count). The van der Waals surface area contributed by atoms with Crippen molar-refractivity contribution >= 4 is 51.1 Å². The van der Waals surface area contributed by atoms with E-state index < -0.39 is 5.92 Å². The quantitative estimate of drug-likeness (QED) is 0.190.